The molecule has 2 heterocycles. The van der Waals surface area contributed by atoms with Gasteiger partial charge in [-0.05, 0) is 23.6 Å². The van der Waals surface area contributed by atoms with E-state index in [1.54, 1.807) is 6.92 Å². The molecule has 1 aliphatic heterocycles. The molecule has 11 nitrogen and oxygen atoms in total. The highest BCUT2D eigenvalue weighted by Crippen LogP contribution is 2.39. The molecule has 1 fully saturated rings. The van der Waals surface area contributed by atoms with Crippen LogP contribution in [0.4, 0.5) is 4.79 Å². The van der Waals surface area contributed by atoms with Crippen molar-refractivity contribution in [3.05, 3.63) is 77.1 Å². The Morgan fingerprint density at radius 3 is 2.50 bits per heavy atom. The average Bonchev–Trinajstić information content (AvgIpc) is 3.48. The zero-order valence-electron chi connectivity index (χ0n) is 21.0. The molecule has 1 aliphatic rings. The Bertz CT molecular complexity index is 1160. The van der Waals surface area contributed by atoms with Crippen molar-refractivity contribution < 1.29 is 28.9 Å². The largest absolute Gasteiger partial charge is 0.465 e. The van der Waals surface area contributed by atoms with Crippen molar-refractivity contribution in [2.24, 2.45) is 0 Å². The number of amides is 2. The van der Waals surface area contributed by atoms with E-state index >= 15 is 0 Å². The molecule has 3 atom stereocenters. The van der Waals surface area contributed by atoms with Crippen LogP contribution in [0.2, 0.25) is 0 Å². The third-order valence-electron chi connectivity index (χ3n) is 5.82. The summed E-state index contributed by atoms with van der Waals surface area (Å²) in [6.45, 7) is 2.06. The van der Waals surface area contributed by atoms with E-state index in [1.807, 2.05) is 48.5 Å². The molecule has 4 N–H and O–H groups in total. The number of thioether (sulfide) groups is 1. The van der Waals surface area contributed by atoms with Gasteiger partial charge in [-0.2, -0.15) is 5.10 Å². The van der Waals surface area contributed by atoms with Gasteiger partial charge in [-0.25, -0.2) is 9.78 Å². The molecule has 38 heavy (non-hydrogen) atoms. The van der Waals surface area contributed by atoms with Gasteiger partial charge in [0, 0.05) is 24.3 Å². The fourth-order valence-electron chi connectivity index (χ4n) is 3.86. The molecule has 2 aromatic carbocycles. The second-order valence-corrected chi connectivity index (χ2v) is 9.54. The first-order valence-corrected chi connectivity index (χ1v) is 13.3. The van der Waals surface area contributed by atoms with Crippen molar-refractivity contribution in [1.29, 1.82) is 0 Å². The number of aliphatic hydroxyl groups is 1. The number of hydrogen-bond donors (Lipinski definition) is 4. The van der Waals surface area contributed by atoms with Gasteiger partial charge in [-0.3, -0.25) is 9.89 Å². The number of esters is 1. The van der Waals surface area contributed by atoms with E-state index in [1.165, 1.54) is 18.1 Å². The smallest absolute Gasteiger partial charge is 0.325 e. The Hall–Kier alpha value is -3.45. The lowest BCUT2D eigenvalue weighted by Crippen LogP contribution is -2.38. The van der Waals surface area contributed by atoms with E-state index in [0.29, 0.717) is 12.2 Å². The van der Waals surface area contributed by atoms with E-state index in [9.17, 15) is 14.7 Å². The number of nitrogens with one attached hydrogen (secondary N) is 3. The van der Waals surface area contributed by atoms with E-state index < -0.39 is 18.3 Å². The van der Waals surface area contributed by atoms with Gasteiger partial charge in [0.2, 0.25) is 0 Å². The molecule has 2 amide bonds. The summed E-state index contributed by atoms with van der Waals surface area (Å²) in [5, 5.41) is 22.0. The summed E-state index contributed by atoms with van der Waals surface area (Å²) in [6.07, 6.45) is 1.27. The SMILES string of the molecule is CCOC(=O)CNC(=O)NCc1ccc([C@@H]2O[C@H](CSc3ncn[nH]3)C[C@H](c3ccc(CO)cc3)O2)cc1. The van der Waals surface area contributed by atoms with Gasteiger partial charge in [0.25, 0.3) is 0 Å². The molecule has 1 aromatic heterocycles. The van der Waals surface area contributed by atoms with Gasteiger partial charge in [-0.15, -0.1) is 0 Å². The Morgan fingerprint density at radius 2 is 1.82 bits per heavy atom. The Kier molecular flexibility index (Phi) is 10.1. The monoisotopic (exact) mass is 541 g/mol. The average molecular weight is 542 g/mol. The summed E-state index contributed by atoms with van der Waals surface area (Å²) in [5.74, 6) is 0.183. The molecule has 202 valence electrons. The van der Waals surface area contributed by atoms with Crippen LogP contribution in [-0.2, 0) is 32.2 Å². The Morgan fingerprint density at radius 1 is 1.08 bits per heavy atom. The van der Waals surface area contributed by atoms with Gasteiger partial charge in [0.05, 0.1) is 25.4 Å². The zero-order valence-corrected chi connectivity index (χ0v) is 21.8. The lowest BCUT2D eigenvalue weighted by atomic mass is 10.0. The third kappa shape index (κ3) is 8.02. The molecule has 4 rings (SSSR count). The van der Waals surface area contributed by atoms with Crippen LogP contribution in [0.15, 0.2) is 60.0 Å². The first kappa shape index (κ1) is 27.6. The lowest BCUT2D eigenvalue weighted by molar-refractivity contribution is -0.245. The number of H-pyrrole nitrogens is 1. The summed E-state index contributed by atoms with van der Waals surface area (Å²) in [6, 6.07) is 14.9. The molecule has 12 heteroatoms. The number of ether oxygens (including phenoxy) is 3. The molecular weight excluding hydrogens is 510 g/mol. The summed E-state index contributed by atoms with van der Waals surface area (Å²) >= 11 is 1.54. The number of carbonyl (C=O) groups excluding carboxylic acids is 2. The minimum Gasteiger partial charge on any atom is -0.465 e. The van der Waals surface area contributed by atoms with Crippen LogP contribution in [-0.4, -0.2) is 57.3 Å². The van der Waals surface area contributed by atoms with Crippen LogP contribution in [0.25, 0.3) is 0 Å². The van der Waals surface area contributed by atoms with Crippen molar-refractivity contribution in [2.45, 2.75) is 50.2 Å². The van der Waals surface area contributed by atoms with Crippen molar-refractivity contribution in [2.75, 3.05) is 18.9 Å². The summed E-state index contributed by atoms with van der Waals surface area (Å²) in [4.78, 5) is 27.5. The molecule has 1 saturated heterocycles. The third-order valence-corrected chi connectivity index (χ3v) is 6.83. The summed E-state index contributed by atoms with van der Waals surface area (Å²) in [7, 11) is 0. The minimum absolute atomic E-state index is 0.0117. The number of aromatic nitrogens is 3. The fourth-order valence-corrected chi connectivity index (χ4v) is 4.66. The predicted octanol–water partition coefficient (Wildman–Crippen LogP) is 3.00. The number of aliphatic hydroxyl groups excluding tert-OH is 1. The van der Waals surface area contributed by atoms with Crippen LogP contribution >= 0.6 is 11.8 Å². The molecule has 0 spiro atoms. The van der Waals surface area contributed by atoms with Crippen molar-refractivity contribution in [1.82, 2.24) is 25.8 Å². The number of urea groups is 1. The fraction of sp³-hybridized carbons (Fsp3) is 0.385. The second kappa shape index (κ2) is 13.9. The zero-order chi connectivity index (χ0) is 26.7. The number of benzene rings is 2. The van der Waals surface area contributed by atoms with Crippen LogP contribution in [0.5, 0.6) is 0 Å². The highest BCUT2D eigenvalue weighted by molar-refractivity contribution is 7.99. The highest BCUT2D eigenvalue weighted by Gasteiger charge is 2.32. The maximum absolute atomic E-state index is 11.9. The Balaban J connectivity index is 1.38. The van der Waals surface area contributed by atoms with Gasteiger partial charge in [0.1, 0.15) is 12.9 Å². The summed E-state index contributed by atoms with van der Waals surface area (Å²) in [5.41, 5.74) is 3.59. The molecule has 0 aliphatic carbocycles. The van der Waals surface area contributed by atoms with Crippen LogP contribution in [0.1, 0.15) is 48.0 Å². The highest BCUT2D eigenvalue weighted by atomic mass is 32.2. The van der Waals surface area contributed by atoms with Gasteiger partial charge in [-0.1, -0.05) is 60.3 Å². The maximum atomic E-state index is 11.9. The van der Waals surface area contributed by atoms with E-state index in [0.717, 1.165) is 27.4 Å². The lowest BCUT2D eigenvalue weighted by Gasteiger charge is -2.36. The van der Waals surface area contributed by atoms with Crippen LogP contribution in [0, 0.1) is 0 Å². The second-order valence-electron chi connectivity index (χ2n) is 8.53. The predicted molar refractivity (Wildman–Crippen MR) is 139 cm³/mol. The van der Waals surface area contributed by atoms with Crippen LogP contribution in [0.3, 0.4) is 0 Å². The molecule has 0 radical (unpaired) electrons. The van der Waals surface area contributed by atoms with Crippen LogP contribution < -0.4 is 10.6 Å². The van der Waals surface area contributed by atoms with E-state index in [4.69, 9.17) is 14.2 Å². The summed E-state index contributed by atoms with van der Waals surface area (Å²) < 4.78 is 17.5. The molecule has 0 bridgehead atoms. The maximum Gasteiger partial charge on any atom is 0.325 e. The van der Waals surface area contributed by atoms with Crippen molar-refractivity contribution >= 4 is 23.8 Å². The van der Waals surface area contributed by atoms with Gasteiger partial charge < -0.3 is 30.0 Å². The molecule has 0 saturated carbocycles. The van der Waals surface area contributed by atoms with E-state index in [2.05, 4.69) is 25.8 Å². The molecule has 0 unspecified atom stereocenters. The van der Waals surface area contributed by atoms with Crippen molar-refractivity contribution in [3.8, 4) is 0 Å². The molecular formula is C26H31N5O6S. The normalized spacial score (nSPS) is 19.1. The van der Waals surface area contributed by atoms with Crippen molar-refractivity contribution in [3.63, 3.8) is 0 Å². The topological polar surface area (TPSA) is 148 Å². The quantitative estimate of drug-likeness (QED) is 0.212. The minimum atomic E-state index is -0.582. The van der Waals surface area contributed by atoms with Gasteiger partial charge in [0.15, 0.2) is 11.4 Å². The number of aromatic amines is 1. The molecule has 3 aromatic rings. The number of carbonyl (C=O) groups is 2. The number of nitrogens with zero attached hydrogens (tertiary/aromatic N) is 2. The number of hydrogen-bond acceptors (Lipinski definition) is 9. The standard InChI is InChI=1S/C26H31N5O6S/c1-2-35-23(33)13-28-25(34)27-12-17-3-9-20(10-4-17)24-36-21(15-38-26-29-16-30-31-26)11-22(37-24)19-7-5-18(14-32)6-8-19/h3-10,16,21-22,24,32H,2,11-15H2,1H3,(H2,27,28,34)(H,29,30,31)/t21-,22+,24+/m0/s1. The number of rotatable bonds is 11. The first-order chi connectivity index (χ1) is 18.5. The Labute approximate surface area is 224 Å². The first-order valence-electron chi connectivity index (χ1n) is 12.3. The van der Waals surface area contributed by atoms with Gasteiger partial charge >= 0.3 is 12.0 Å². The van der Waals surface area contributed by atoms with E-state index in [-0.39, 0.29) is 38.5 Å².